The van der Waals surface area contributed by atoms with Crippen LogP contribution in [0.15, 0.2) is 30.6 Å². The number of rotatable bonds is 2. The van der Waals surface area contributed by atoms with Crippen LogP contribution >= 0.6 is 0 Å². The van der Waals surface area contributed by atoms with E-state index in [-0.39, 0.29) is 23.3 Å². The molecule has 3 aromatic rings. The van der Waals surface area contributed by atoms with Gasteiger partial charge in [-0.15, -0.1) is 0 Å². The molecule has 0 saturated carbocycles. The van der Waals surface area contributed by atoms with Crippen molar-refractivity contribution in [3.8, 4) is 17.3 Å². The van der Waals surface area contributed by atoms with Crippen LogP contribution in [0.1, 0.15) is 0 Å². The average Bonchev–Trinajstić information content (AvgIpc) is 2.97. The van der Waals surface area contributed by atoms with E-state index in [1.54, 1.807) is 12.3 Å². The smallest absolute Gasteiger partial charge is 0.255 e. The van der Waals surface area contributed by atoms with Gasteiger partial charge in [0.15, 0.2) is 23.3 Å². The normalized spacial score (nSPS) is 10.8. The van der Waals surface area contributed by atoms with Crippen LogP contribution in [0, 0.1) is 17.5 Å². The third-order valence-corrected chi connectivity index (χ3v) is 2.59. The quantitative estimate of drug-likeness (QED) is 0.727. The molecule has 2 aromatic heterocycles. The van der Waals surface area contributed by atoms with Gasteiger partial charge in [-0.3, -0.25) is 0 Å². The molecule has 0 amide bonds. The zero-order valence-corrected chi connectivity index (χ0v) is 10.3. The molecule has 2 heterocycles. The second kappa shape index (κ2) is 4.85. The third kappa shape index (κ3) is 2.40. The molecule has 21 heavy (non-hydrogen) atoms. The van der Waals surface area contributed by atoms with Crippen LogP contribution in [0.2, 0.25) is 0 Å². The number of nitrogen functional groups attached to an aromatic ring is 1. The highest BCUT2D eigenvalue weighted by Crippen LogP contribution is 2.21. The Bertz CT molecular complexity index is 780. The highest BCUT2D eigenvalue weighted by Gasteiger charge is 2.15. The molecule has 9 heteroatoms. The Kier molecular flexibility index (Phi) is 3.01. The van der Waals surface area contributed by atoms with Gasteiger partial charge in [0.1, 0.15) is 0 Å². The Hall–Kier alpha value is -2.97. The minimum absolute atomic E-state index is 0.0612. The molecule has 0 saturated heterocycles. The first-order chi connectivity index (χ1) is 10.0. The summed E-state index contributed by atoms with van der Waals surface area (Å²) in [5, 5.41) is 3.91. The Labute approximate surface area is 116 Å². The van der Waals surface area contributed by atoms with Crippen molar-refractivity contribution in [3.05, 3.63) is 48.0 Å². The summed E-state index contributed by atoms with van der Waals surface area (Å²) >= 11 is 0. The summed E-state index contributed by atoms with van der Waals surface area (Å²) in [6.45, 7) is 0. The highest BCUT2D eigenvalue weighted by atomic mass is 19.2. The first kappa shape index (κ1) is 13.0. The molecule has 0 radical (unpaired) electrons. The van der Waals surface area contributed by atoms with Crippen molar-refractivity contribution >= 4 is 5.95 Å². The van der Waals surface area contributed by atoms with Crippen molar-refractivity contribution in [2.45, 2.75) is 0 Å². The number of benzene rings is 1. The topological polar surface area (TPSA) is 82.5 Å². The molecule has 0 atom stereocenters. The summed E-state index contributed by atoms with van der Waals surface area (Å²) in [5.41, 5.74) is 5.48. The van der Waals surface area contributed by atoms with Crippen molar-refractivity contribution in [1.29, 1.82) is 0 Å². The minimum Gasteiger partial charge on any atom is -0.368 e. The Morgan fingerprint density at radius 1 is 1.00 bits per heavy atom. The zero-order chi connectivity index (χ0) is 15.0. The molecular weight excluding hydrogens is 285 g/mol. The lowest BCUT2D eigenvalue weighted by Crippen LogP contribution is -2.08. The van der Waals surface area contributed by atoms with Gasteiger partial charge in [0.25, 0.3) is 5.95 Å². The fourth-order valence-electron chi connectivity index (χ4n) is 1.68. The van der Waals surface area contributed by atoms with E-state index in [9.17, 15) is 13.2 Å². The average molecular weight is 292 g/mol. The number of anilines is 1. The van der Waals surface area contributed by atoms with E-state index in [1.807, 2.05) is 0 Å². The zero-order valence-electron chi connectivity index (χ0n) is 10.3. The number of halogens is 3. The van der Waals surface area contributed by atoms with Gasteiger partial charge in [-0.25, -0.2) is 17.9 Å². The molecule has 0 spiro atoms. The second-order valence-electron chi connectivity index (χ2n) is 4.02. The predicted molar refractivity (Wildman–Crippen MR) is 66.7 cm³/mol. The SMILES string of the molecule is Nc1nc(-c2cc(F)c(F)c(F)c2)nc(-n2cccn2)n1. The summed E-state index contributed by atoms with van der Waals surface area (Å²) in [6, 6.07) is 3.19. The molecule has 0 unspecified atom stereocenters. The number of hydrogen-bond donors (Lipinski definition) is 1. The number of aromatic nitrogens is 5. The van der Waals surface area contributed by atoms with Gasteiger partial charge < -0.3 is 5.73 Å². The number of nitrogens with zero attached hydrogens (tertiary/aromatic N) is 5. The number of hydrogen-bond acceptors (Lipinski definition) is 5. The van der Waals surface area contributed by atoms with Crippen LogP contribution in [0.4, 0.5) is 19.1 Å². The molecule has 0 fully saturated rings. The van der Waals surface area contributed by atoms with Crippen molar-refractivity contribution in [2.75, 3.05) is 5.73 Å². The van der Waals surface area contributed by atoms with Crippen LogP contribution in [0.25, 0.3) is 17.3 Å². The molecule has 0 aliphatic rings. The highest BCUT2D eigenvalue weighted by molar-refractivity contribution is 5.56. The van der Waals surface area contributed by atoms with Gasteiger partial charge in [-0.2, -0.15) is 20.1 Å². The molecule has 0 bridgehead atoms. The van der Waals surface area contributed by atoms with Gasteiger partial charge in [-0.05, 0) is 18.2 Å². The van der Waals surface area contributed by atoms with Crippen LogP contribution < -0.4 is 5.73 Å². The molecule has 3 rings (SSSR count). The maximum Gasteiger partial charge on any atom is 0.255 e. The van der Waals surface area contributed by atoms with E-state index in [4.69, 9.17) is 5.73 Å². The minimum atomic E-state index is -1.56. The largest absolute Gasteiger partial charge is 0.368 e. The van der Waals surface area contributed by atoms with Gasteiger partial charge in [0.2, 0.25) is 5.95 Å². The lowest BCUT2D eigenvalue weighted by atomic mass is 10.2. The second-order valence-corrected chi connectivity index (χ2v) is 4.02. The van der Waals surface area contributed by atoms with E-state index < -0.39 is 17.5 Å². The van der Waals surface area contributed by atoms with E-state index in [2.05, 4.69) is 20.1 Å². The van der Waals surface area contributed by atoms with Crippen LogP contribution in [-0.2, 0) is 0 Å². The fraction of sp³-hybridized carbons (Fsp3) is 0. The van der Waals surface area contributed by atoms with Crippen molar-refractivity contribution in [3.63, 3.8) is 0 Å². The summed E-state index contributed by atoms with van der Waals surface area (Å²) in [6.07, 6.45) is 3.06. The Balaban J connectivity index is 2.15. The summed E-state index contributed by atoms with van der Waals surface area (Å²) in [4.78, 5) is 11.6. The van der Waals surface area contributed by atoms with Gasteiger partial charge >= 0.3 is 0 Å². The maximum absolute atomic E-state index is 13.3. The van der Waals surface area contributed by atoms with Crippen molar-refractivity contribution in [2.24, 2.45) is 0 Å². The lowest BCUT2D eigenvalue weighted by Gasteiger charge is -2.05. The van der Waals surface area contributed by atoms with Crippen LogP contribution in [-0.4, -0.2) is 24.7 Å². The monoisotopic (exact) mass is 292 g/mol. The lowest BCUT2D eigenvalue weighted by molar-refractivity contribution is 0.447. The third-order valence-electron chi connectivity index (χ3n) is 2.59. The summed E-state index contributed by atoms with van der Waals surface area (Å²) in [7, 11) is 0. The molecule has 106 valence electrons. The summed E-state index contributed by atoms with van der Waals surface area (Å²) < 4.78 is 40.8. The molecule has 1 aromatic carbocycles. The van der Waals surface area contributed by atoms with Gasteiger partial charge in [-0.1, -0.05) is 0 Å². The van der Waals surface area contributed by atoms with Crippen LogP contribution in [0.5, 0.6) is 0 Å². The standard InChI is InChI=1S/C12H7F3N6/c13-7-4-6(5-8(14)9(7)15)10-18-11(16)20-12(19-10)21-3-1-2-17-21/h1-5H,(H2,16,18,19,20). The van der Waals surface area contributed by atoms with Crippen molar-refractivity contribution < 1.29 is 13.2 Å². The van der Waals surface area contributed by atoms with Crippen molar-refractivity contribution in [1.82, 2.24) is 24.7 Å². The fourth-order valence-corrected chi connectivity index (χ4v) is 1.68. The molecule has 0 aliphatic heterocycles. The first-order valence-corrected chi connectivity index (χ1v) is 5.71. The van der Waals surface area contributed by atoms with E-state index in [0.29, 0.717) is 0 Å². The van der Waals surface area contributed by atoms with Gasteiger partial charge in [0.05, 0.1) is 0 Å². The van der Waals surface area contributed by atoms with Crippen LogP contribution in [0.3, 0.4) is 0 Å². The van der Waals surface area contributed by atoms with Gasteiger partial charge in [0, 0.05) is 18.0 Å². The van der Waals surface area contributed by atoms with E-state index in [0.717, 1.165) is 12.1 Å². The molecule has 0 aliphatic carbocycles. The first-order valence-electron chi connectivity index (χ1n) is 5.71. The molecule has 6 nitrogen and oxygen atoms in total. The Morgan fingerprint density at radius 3 is 2.33 bits per heavy atom. The van der Waals surface area contributed by atoms with E-state index >= 15 is 0 Å². The predicted octanol–water partition coefficient (Wildman–Crippen LogP) is 1.72. The number of nitrogens with two attached hydrogens (primary N) is 1. The Morgan fingerprint density at radius 2 is 1.71 bits per heavy atom. The molecular formula is C12H7F3N6. The molecule has 2 N–H and O–H groups in total. The van der Waals surface area contributed by atoms with E-state index in [1.165, 1.54) is 10.9 Å². The maximum atomic E-state index is 13.3. The summed E-state index contributed by atoms with van der Waals surface area (Å²) in [5.74, 6) is -4.42.